The molecule has 3 heterocycles. The SMILES string of the molecule is O=c1[nH]c2cc3[nH]c(-c4ccns4)nc3cc2s1. The van der Waals surface area contributed by atoms with E-state index in [0.29, 0.717) is 0 Å². The summed E-state index contributed by atoms with van der Waals surface area (Å²) in [4.78, 5) is 22.8. The van der Waals surface area contributed by atoms with Crippen LogP contribution >= 0.6 is 22.9 Å². The molecule has 0 aliphatic heterocycles. The van der Waals surface area contributed by atoms with Crippen molar-refractivity contribution in [2.24, 2.45) is 0 Å². The summed E-state index contributed by atoms with van der Waals surface area (Å²) < 4.78 is 4.99. The van der Waals surface area contributed by atoms with Crippen molar-refractivity contribution in [3.05, 3.63) is 34.1 Å². The Kier molecular flexibility index (Phi) is 1.94. The van der Waals surface area contributed by atoms with Gasteiger partial charge in [0.25, 0.3) is 0 Å². The van der Waals surface area contributed by atoms with Crippen LogP contribution in [0.5, 0.6) is 0 Å². The highest BCUT2D eigenvalue weighted by atomic mass is 32.1. The van der Waals surface area contributed by atoms with Crippen molar-refractivity contribution in [1.29, 1.82) is 0 Å². The van der Waals surface area contributed by atoms with Crippen molar-refractivity contribution in [3.63, 3.8) is 0 Å². The van der Waals surface area contributed by atoms with Crippen molar-refractivity contribution in [3.8, 4) is 10.7 Å². The van der Waals surface area contributed by atoms with Crippen LogP contribution in [0.25, 0.3) is 32.0 Å². The van der Waals surface area contributed by atoms with Crippen LogP contribution in [0.15, 0.2) is 29.2 Å². The highest BCUT2D eigenvalue weighted by Gasteiger charge is 2.09. The summed E-state index contributed by atoms with van der Waals surface area (Å²) in [6, 6.07) is 5.76. The van der Waals surface area contributed by atoms with Crippen molar-refractivity contribution in [1.82, 2.24) is 19.3 Å². The van der Waals surface area contributed by atoms with E-state index in [2.05, 4.69) is 19.3 Å². The molecule has 3 aromatic heterocycles. The number of hydrogen-bond acceptors (Lipinski definition) is 5. The minimum atomic E-state index is -0.0414. The van der Waals surface area contributed by atoms with Gasteiger partial charge < -0.3 is 9.97 Å². The maximum absolute atomic E-state index is 11.3. The van der Waals surface area contributed by atoms with Gasteiger partial charge in [-0.15, -0.1) is 0 Å². The van der Waals surface area contributed by atoms with Crippen LogP contribution in [0.1, 0.15) is 0 Å². The van der Waals surface area contributed by atoms with E-state index in [4.69, 9.17) is 0 Å². The summed E-state index contributed by atoms with van der Waals surface area (Å²) in [5.41, 5.74) is 2.62. The van der Waals surface area contributed by atoms with Gasteiger partial charge in [-0.1, -0.05) is 11.3 Å². The second kappa shape index (κ2) is 3.50. The molecule has 0 unspecified atom stereocenters. The van der Waals surface area contributed by atoms with Crippen molar-refractivity contribution in [2.45, 2.75) is 0 Å². The lowest BCUT2D eigenvalue weighted by Gasteiger charge is -1.88. The third kappa shape index (κ3) is 1.41. The molecule has 7 heteroatoms. The highest BCUT2D eigenvalue weighted by Crippen LogP contribution is 2.26. The Labute approximate surface area is 108 Å². The third-order valence-corrected chi connectivity index (χ3v) is 4.29. The van der Waals surface area contributed by atoms with Crippen LogP contribution in [0, 0.1) is 0 Å². The number of nitrogens with zero attached hydrogens (tertiary/aromatic N) is 2. The Morgan fingerprint density at radius 2 is 2.11 bits per heavy atom. The van der Waals surface area contributed by atoms with E-state index in [-0.39, 0.29) is 4.87 Å². The van der Waals surface area contributed by atoms with Gasteiger partial charge in [-0.2, -0.15) is 0 Å². The fraction of sp³-hybridized carbons (Fsp3) is 0. The van der Waals surface area contributed by atoms with Crippen LogP contribution in [-0.2, 0) is 0 Å². The van der Waals surface area contributed by atoms with E-state index in [9.17, 15) is 4.79 Å². The van der Waals surface area contributed by atoms with Crippen LogP contribution in [0.3, 0.4) is 0 Å². The maximum atomic E-state index is 11.3. The number of aromatic nitrogens is 4. The molecule has 2 N–H and O–H groups in total. The average molecular weight is 274 g/mol. The van der Waals surface area contributed by atoms with Gasteiger partial charge >= 0.3 is 4.87 Å². The summed E-state index contributed by atoms with van der Waals surface area (Å²) >= 11 is 2.60. The summed E-state index contributed by atoms with van der Waals surface area (Å²) in [7, 11) is 0. The average Bonchev–Trinajstić information content (AvgIpc) is 3.02. The molecule has 0 aliphatic rings. The zero-order chi connectivity index (χ0) is 12.1. The first-order chi connectivity index (χ1) is 8.79. The molecule has 18 heavy (non-hydrogen) atoms. The Bertz CT molecular complexity index is 846. The van der Waals surface area contributed by atoms with E-state index in [1.165, 1.54) is 22.9 Å². The van der Waals surface area contributed by atoms with E-state index in [1.807, 2.05) is 18.2 Å². The highest BCUT2D eigenvalue weighted by molar-refractivity contribution is 7.16. The Morgan fingerprint density at radius 1 is 1.17 bits per heavy atom. The molecule has 0 amide bonds. The Morgan fingerprint density at radius 3 is 2.94 bits per heavy atom. The Hall–Kier alpha value is -1.99. The topological polar surface area (TPSA) is 74.4 Å². The number of thiazole rings is 1. The number of rotatable bonds is 1. The standard InChI is InChI=1S/C11H6N4OS2/c16-11-15-7-3-5-6(4-9(7)17-11)14-10(13-5)8-1-2-12-18-8/h1-4H,(H,13,14)(H,15,16). The molecular weight excluding hydrogens is 268 g/mol. The summed E-state index contributed by atoms with van der Waals surface area (Å²) in [5, 5.41) is 0. The largest absolute Gasteiger partial charge is 0.337 e. The lowest BCUT2D eigenvalue weighted by molar-refractivity contribution is 1.36. The van der Waals surface area contributed by atoms with Crippen LogP contribution in [-0.4, -0.2) is 19.3 Å². The lowest BCUT2D eigenvalue weighted by Crippen LogP contribution is -1.89. The molecule has 0 radical (unpaired) electrons. The summed E-state index contributed by atoms with van der Waals surface area (Å²) in [6.07, 6.45) is 1.75. The van der Waals surface area contributed by atoms with Gasteiger partial charge in [0.2, 0.25) is 0 Å². The van der Waals surface area contributed by atoms with Crippen LogP contribution < -0.4 is 4.87 Å². The predicted octanol–water partition coefficient (Wildman–Crippen LogP) is 2.59. The fourth-order valence-electron chi connectivity index (χ4n) is 1.91. The second-order valence-electron chi connectivity index (χ2n) is 3.84. The normalized spacial score (nSPS) is 11.6. The van der Waals surface area contributed by atoms with Gasteiger partial charge in [-0.05, 0) is 29.7 Å². The van der Waals surface area contributed by atoms with E-state index >= 15 is 0 Å². The molecule has 0 aliphatic carbocycles. The fourth-order valence-corrected chi connectivity index (χ4v) is 3.20. The number of aromatic amines is 2. The molecule has 0 saturated heterocycles. The predicted molar refractivity (Wildman–Crippen MR) is 73.2 cm³/mol. The first-order valence-corrected chi connectivity index (χ1v) is 6.82. The van der Waals surface area contributed by atoms with Gasteiger partial charge in [0.1, 0.15) is 5.82 Å². The third-order valence-electron chi connectivity index (χ3n) is 2.69. The number of nitrogens with one attached hydrogen (secondary N) is 2. The van der Waals surface area contributed by atoms with Gasteiger partial charge in [0.05, 0.1) is 26.1 Å². The monoisotopic (exact) mass is 274 g/mol. The molecule has 5 nitrogen and oxygen atoms in total. The first kappa shape index (κ1) is 9.98. The van der Waals surface area contributed by atoms with Gasteiger partial charge in [0, 0.05) is 6.20 Å². The summed E-state index contributed by atoms with van der Waals surface area (Å²) in [5.74, 6) is 0.813. The van der Waals surface area contributed by atoms with E-state index in [1.54, 1.807) is 6.20 Å². The molecule has 0 spiro atoms. The first-order valence-electron chi connectivity index (χ1n) is 5.23. The number of benzene rings is 1. The van der Waals surface area contributed by atoms with E-state index < -0.39 is 0 Å². The molecule has 4 aromatic rings. The molecular formula is C11H6N4OS2. The van der Waals surface area contributed by atoms with Gasteiger partial charge in [-0.25, -0.2) is 9.36 Å². The molecule has 0 atom stereocenters. The van der Waals surface area contributed by atoms with Crippen molar-refractivity contribution < 1.29 is 0 Å². The van der Waals surface area contributed by atoms with Gasteiger partial charge in [-0.3, -0.25) is 4.79 Å². The molecule has 4 rings (SSSR count). The van der Waals surface area contributed by atoms with Crippen molar-refractivity contribution >= 4 is 44.1 Å². The van der Waals surface area contributed by atoms with Crippen molar-refractivity contribution in [2.75, 3.05) is 0 Å². The maximum Gasteiger partial charge on any atom is 0.305 e. The van der Waals surface area contributed by atoms with Gasteiger partial charge in [0.15, 0.2) is 0 Å². The minimum Gasteiger partial charge on any atom is -0.337 e. The molecule has 88 valence electrons. The zero-order valence-corrected chi connectivity index (χ0v) is 10.6. The smallest absolute Gasteiger partial charge is 0.305 e. The van der Waals surface area contributed by atoms with E-state index in [0.717, 1.165) is 32.0 Å². The second-order valence-corrected chi connectivity index (χ2v) is 5.69. The van der Waals surface area contributed by atoms with Crippen LogP contribution in [0.4, 0.5) is 0 Å². The zero-order valence-electron chi connectivity index (χ0n) is 8.93. The lowest BCUT2D eigenvalue weighted by atomic mass is 10.3. The Balaban J connectivity index is 2.03. The molecule has 1 aromatic carbocycles. The minimum absolute atomic E-state index is 0.0414. The van der Waals surface area contributed by atoms with Crippen LogP contribution in [0.2, 0.25) is 0 Å². The molecule has 0 bridgehead atoms. The number of H-pyrrole nitrogens is 2. The number of fused-ring (bicyclic) bond motifs is 2. The summed E-state index contributed by atoms with van der Waals surface area (Å²) in [6.45, 7) is 0. The molecule has 0 fully saturated rings. The number of imidazole rings is 1. The number of hydrogen-bond donors (Lipinski definition) is 2. The molecule has 0 saturated carbocycles. The quantitative estimate of drug-likeness (QED) is 0.560.